The van der Waals surface area contributed by atoms with E-state index in [0.29, 0.717) is 18.4 Å². The molecule has 2 aromatic rings. The molecule has 0 aliphatic carbocycles. The van der Waals surface area contributed by atoms with Gasteiger partial charge in [-0.2, -0.15) is 0 Å². The van der Waals surface area contributed by atoms with Crippen molar-refractivity contribution in [3.63, 3.8) is 0 Å². The van der Waals surface area contributed by atoms with Gasteiger partial charge in [0.2, 0.25) is 0 Å². The molecule has 0 aromatic heterocycles. The van der Waals surface area contributed by atoms with Gasteiger partial charge in [-0.3, -0.25) is 4.79 Å². The number of hydrogen-bond acceptors (Lipinski definition) is 3. The Morgan fingerprint density at radius 1 is 1.05 bits per heavy atom. The van der Waals surface area contributed by atoms with E-state index in [2.05, 4.69) is 12.6 Å². The maximum absolute atomic E-state index is 12.1. The third-order valence-electron chi connectivity index (χ3n) is 2.96. The summed E-state index contributed by atoms with van der Waals surface area (Å²) in [6.45, 7) is 0.146. The molecule has 2 rings (SSSR count). The summed E-state index contributed by atoms with van der Waals surface area (Å²) in [7, 11) is 0. The summed E-state index contributed by atoms with van der Waals surface area (Å²) in [5, 5.41) is 8.85. The Hall–Kier alpha value is -1.58. The van der Waals surface area contributed by atoms with E-state index in [1.165, 1.54) is 0 Å². The zero-order valence-corrected chi connectivity index (χ0v) is 11.4. The molecule has 2 aromatic carbocycles. The van der Waals surface area contributed by atoms with E-state index < -0.39 is 0 Å². The number of hydrogen-bond donors (Lipinski definition) is 2. The standard InChI is InChI=1S/C16H16O2S/c17-9-8-12-4-6-13(7-5-12)10-16(18)14-2-1-3-15(19)11-14/h1-7,11,17,19H,8-10H2. The Bertz CT molecular complexity index is 561. The molecule has 0 amide bonds. The largest absolute Gasteiger partial charge is 0.396 e. The molecular weight excluding hydrogens is 256 g/mol. The highest BCUT2D eigenvalue weighted by Crippen LogP contribution is 2.13. The zero-order chi connectivity index (χ0) is 13.7. The van der Waals surface area contributed by atoms with Gasteiger partial charge in [-0.05, 0) is 29.7 Å². The van der Waals surface area contributed by atoms with Crippen molar-refractivity contribution in [3.05, 3.63) is 65.2 Å². The van der Waals surface area contributed by atoms with Crippen LogP contribution in [0.1, 0.15) is 21.5 Å². The molecule has 0 heterocycles. The first-order valence-electron chi connectivity index (χ1n) is 6.20. The van der Waals surface area contributed by atoms with Crippen LogP contribution in [0.25, 0.3) is 0 Å². The molecular formula is C16H16O2S. The lowest BCUT2D eigenvalue weighted by Gasteiger charge is -2.04. The van der Waals surface area contributed by atoms with Gasteiger partial charge in [0.15, 0.2) is 5.78 Å². The molecule has 0 aliphatic heterocycles. The molecule has 3 heteroatoms. The van der Waals surface area contributed by atoms with Crippen LogP contribution < -0.4 is 0 Å². The number of carbonyl (C=O) groups excluding carboxylic acids is 1. The van der Waals surface area contributed by atoms with Gasteiger partial charge in [0, 0.05) is 23.5 Å². The van der Waals surface area contributed by atoms with Crippen LogP contribution in [-0.4, -0.2) is 17.5 Å². The Kier molecular flexibility index (Phi) is 4.77. The lowest BCUT2D eigenvalue weighted by molar-refractivity contribution is 0.0992. The van der Waals surface area contributed by atoms with Crippen molar-refractivity contribution in [3.8, 4) is 0 Å². The van der Waals surface area contributed by atoms with E-state index in [0.717, 1.165) is 16.0 Å². The maximum Gasteiger partial charge on any atom is 0.167 e. The van der Waals surface area contributed by atoms with Crippen LogP contribution in [-0.2, 0) is 12.8 Å². The summed E-state index contributed by atoms with van der Waals surface area (Å²) in [5.41, 5.74) is 2.75. The fourth-order valence-electron chi connectivity index (χ4n) is 1.92. The van der Waals surface area contributed by atoms with Crippen molar-refractivity contribution in [2.75, 3.05) is 6.61 Å². The predicted octanol–water partition coefficient (Wildman–Crippen LogP) is 2.94. The smallest absolute Gasteiger partial charge is 0.167 e. The quantitative estimate of drug-likeness (QED) is 0.648. The van der Waals surface area contributed by atoms with E-state index in [9.17, 15) is 4.79 Å². The van der Waals surface area contributed by atoms with Gasteiger partial charge < -0.3 is 5.11 Å². The molecule has 0 bridgehead atoms. The number of benzene rings is 2. The van der Waals surface area contributed by atoms with E-state index in [-0.39, 0.29) is 12.4 Å². The molecule has 98 valence electrons. The van der Waals surface area contributed by atoms with Crippen molar-refractivity contribution >= 4 is 18.4 Å². The predicted molar refractivity (Wildman–Crippen MR) is 79.0 cm³/mol. The van der Waals surface area contributed by atoms with E-state index >= 15 is 0 Å². The van der Waals surface area contributed by atoms with Gasteiger partial charge in [0.1, 0.15) is 0 Å². The lowest BCUT2D eigenvalue weighted by atomic mass is 10.0. The molecule has 19 heavy (non-hydrogen) atoms. The average molecular weight is 272 g/mol. The van der Waals surface area contributed by atoms with Crippen LogP contribution in [0.4, 0.5) is 0 Å². The topological polar surface area (TPSA) is 37.3 Å². The molecule has 2 nitrogen and oxygen atoms in total. The third kappa shape index (κ3) is 3.94. The monoisotopic (exact) mass is 272 g/mol. The maximum atomic E-state index is 12.1. The number of thiol groups is 1. The van der Waals surface area contributed by atoms with Crippen molar-refractivity contribution in [2.24, 2.45) is 0 Å². The third-order valence-corrected chi connectivity index (χ3v) is 3.23. The first-order chi connectivity index (χ1) is 9.19. The van der Waals surface area contributed by atoms with Crippen molar-refractivity contribution in [2.45, 2.75) is 17.7 Å². The first-order valence-corrected chi connectivity index (χ1v) is 6.64. The molecule has 0 aliphatic rings. The van der Waals surface area contributed by atoms with Gasteiger partial charge in [-0.25, -0.2) is 0 Å². The summed E-state index contributed by atoms with van der Waals surface area (Å²) in [4.78, 5) is 12.9. The van der Waals surface area contributed by atoms with E-state index in [4.69, 9.17) is 5.11 Å². The minimum atomic E-state index is 0.0887. The lowest BCUT2D eigenvalue weighted by Crippen LogP contribution is -2.03. The van der Waals surface area contributed by atoms with Gasteiger partial charge in [-0.15, -0.1) is 12.6 Å². The summed E-state index contributed by atoms with van der Waals surface area (Å²) in [5.74, 6) is 0.0887. The van der Waals surface area contributed by atoms with Crippen LogP contribution >= 0.6 is 12.6 Å². The molecule has 0 fully saturated rings. The zero-order valence-electron chi connectivity index (χ0n) is 10.5. The summed E-state index contributed by atoms with van der Waals surface area (Å²) in [6.07, 6.45) is 1.03. The number of ketones is 1. The SMILES string of the molecule is O=C(Cc1ccc(CCO)cc1)c1cccc(S)c1. The minimum absolute atomic E-state index is 0.0887. The number of carbonyl (C=O) groups is 1. The second kappa shape index (κ2) is 6.55. The fourth-order valence-corrected chi connectivity index (χ4v) is 2.14. The number of Topliss-reactive ketones (excluding diaryl/α,β-unsaturated/α-hetero) is 1. The second-order valence-electron chi connectivity index (χ2n) is 4.44. The molecule has 0 unspecified atom stereocenters. The number of aliphatic hydroxyl groups is 1. The van der Waals surface area contributed by atoms with E-state index in [1.54, 1.807) is 6.07 Å². The molecule has 0 spiro atoms. The highest BCUT2D eigenvalue weighted by atomic mass is 32.1. The van der Waals surface area contributed by atoms with Crippen LogP contribution in [0.5, 0.6) is 0 Å². The van der Waals surface area contributed by atoms with Crippen molar-refractivity contribution in [1.82, 2.24) is 0 Å². The number of aliphatic hydroxyl groups excluding tert-OH is 1. The summed E-state index contributed by atoms with van der Waals surface area (Å²) < 4.78 is 0. The molecule has 0 saturated heterocycles. The minimum Gasteiger partial charge on any atom is -0.396 e. The molecule has 1 N–H and O–H groups in total. The Morgan fingerprint density at radius 3 is 2.37 bits per heavy atom. The fraction of sp³-hybridized carbons (Fsp3) is 0.188. The Balaban J connectivity index is 2.06. The van der Waals surface area contributed by atoms with Crippen LogP contribution in [0, 0.1) is 0 Å². The number of rotatable bonds is 5. The second-order valence-corrected chi connectivity index (χ2v) is 4.96. The van der Waals surface area contributed by atoms with Crippen molar-refractivity contribution < 1.29 is 9.90 Å². The van der Waals surface area contributed by atoms with Gasteiger partial charge in [0.25, 0.3) is 0 Å². The average Bonchev–Trinajstić information content (AvgIpc) is 2.41. The summed E-state index contributed by atoms with van der Waals surface area (Å²) in [6, 6.07) is 15.1. The highest BCUT2D eigenvalue weighted by Gasteiger charge is 2.07. The Labute approximate surface area is 118 Å². The van der Waals surface area contributed by atoms with Gasteiger partial charge in [-0.1, -0.05) is 36.4 Å². The van der Waals surface area contributed by atoms with Gasteiger partial charge >= 0.3 is 0 Å². The van der Waals surface area contributed by atoms with Crippen LogP contribution in [0.15, 0.2) is 53.4 Å². The molecule has 0 saturated carbocycles. The van der Waals surface area contributed by atoms with Crippen molar-refractivity contribution in [1.29, 1.82) is 0 Å². The highest BCUT2D eigenvalue weighted by molar-refractivity contribution is 7.80. The van der Waals surface area contributed by atoms with Crippen LogP contribution in [0.3, 0.4) is 0 Å². The molecule has 0 radical (unpaired) electrons. The normalized spacial score (nSPS) is 10.4. The molecule has 0 atom stereocenters. The Morgan fingerprint density at radius 2 is 1.74 bits per heavy atom. The van der Waals surface area contributed by atoms with Crippen LogP contribution in [0.2, 0.25) is 0 Å². The van der Waals surface area contributed by atoms with Gasteiger partial charge in [0.05, 0.1) is 0 Å². The van der Waals surface area contributed by atoms with E-state index in [1.807, 2.05) is 42.5 Å². The first kappa shape index (κ1) is 13.8. The summed E-state index contributed by atoms with van der Waals surface area (Å²) >= 11 is 4.24.